The van der Waals surface area contributed by atoms with Crippen LogP contribution in [0.15, 0.2) is 0 Å². The maximum absolute atomic E-state index is 13.5. The summed E-state index contributed by atoms with van der Waals surface area (Å²) in [4.78, 5) is 28.0. The van der Waals surface area contributed by atoms with E-state index in [4.69, 9.17) is 5.73 Å². The Kier molecular flexibility index (Phi) is 3.78. The van der Waals surface area contributed by atoms with Crippen molar-refractivity contribution in [1.29, 1.82) is 0 Å². The number of nitrogens with two attached hydrogens (primary N) is 1. The van der Waals surface area contributed by atoms with Crippen molar-refractivity contribution in [1.82, 2.24) is 10.2 Å². The predicted octanol–water partition coefficient (Wildman–Crippen LogP) is 1.16. The SMILES string of the molecule is CC(C)NC(=O)[C@@H]1C[C@@H]2C[C@@H]2N1C(=O)[C@@H](N)C12C[C@@H]3C[C@@H](CC(O)(C3)C1)C2. The molecule has 0 aromatic heterocycles. The van der Waals surface area contributed by atoms with E-state index in [-0.39, 0.29) is 35.4 Å². The Morgan fingerprint density at radius 3 is 2.37 bits per heavy atom. The lowest BCUT2D eigenvalue weighted by molar-refractivity contribution is -0.178. The molecule has 1 saturated heterocycles. The van der Waals surface area contributed by atoms with E-state index >= 15 is 0 Å². The van der Waals surface area contributed by atoms with Crippen LogP contribution in [0, 0.1) is 23.2 Å². The van der Waals surface area contributed by atoms with Crippen LogP contribution in [0.3, 0.4) is 0 Å². The van der Waals surface area contributed by atoms with Crippen molar-refractivity contribution in [2.24, 2.45) is 28.9 Å². The molecule has 6 rings (SSSR count). The Hall–Kier alpha value is -1.14. The zero-order valence-electron chi connectivity index (χ0n) is 16.5. The van der Waals surface area contributed by atoms with Crippen molar-refractivity contribution in [3.05, 3.63) is 0 Å². The molecule has 0 aromatic carbocycles. The third kappa shape index (κ3) is 2.74. The smallest absolute Gasteiger partial charge is 0.243 e. The van der Waals surface area contributed by atoms with Gasteiger partial charge in [0.05, 0.1) is 11.6 Å². The van der Waals surface area contributed by atoms with Gasteiger partial charge in [-0.15, -0.1) is 0 Å². The summed E-state index contributed by atoms with van der Waals surface area (Å²) in [5.41, 5.74) is 5.77. The average molecular weight is 376 g/mol. The second-order valence-corrected chi connectivity index (χ2v) is 10.7. The van der Waals surface area contributed by atoms with Gasteiger partial charge in [-0.05, 0) is 88.4 Å². The Balaban J connectivity index is 1.38. The van der Waals surface area contributed by atoms with Crippen molar-refractivity contribution in [2.75, 3.05) is 0 Å². The molecule has 6 nitrogen and oxygen atoms in total. The van der Waals surface area contributed by atoms with Gasteiger partial charge in [-0.25, -0.2) is 0 Å². The Labute approximate surface area is 161 Å². The summed E-state index contributed by atoms with van der Waals surface area (Å²) in [6, 6.07) is -0.698. The maximum atomic E-state index is 13.5. The van der Waals surface area contributed by atoms with Gasteiger partial charge in [-0.1, -0.05) is 0 Å². The molecule has 1 aliphatic heterocycles. The minimum atomic E-state index is -0.622. The number of likely N-dealkylation sites (tertiary alicyclic amines) is 1. The van der Waals surface area contributed by atoms with Gasteiger partial charge in [-0.3, -0.25) is 9.59 Å². The van der Waals surface area contributed by atoms with E-state index in [1.165, 1.54) is 6.42 Å². The lowest BCUT2D eigenvalue weighted by Crippen LogP contribution is -2.65. The molecule has 2 unspecified atom stereocenters. The summed E-state index contributed by atoms with van der Waals surface area (Å²) in [5, 5.41) is 14.0. The molecule has 4 N–H and O–H groups in total. The van der Waals surface area contributed by atoms with E-state index in [0.29, 0.717) is 24.2 Å². The second-order valence-electron chi connectivity index (χ2n) is 10.7. The van der Waals surface area contributed by atoms with Crippen molar-refractivity contribution >= 4 is 11.8 Å². The van der Waals surface area contributed by atoms with Crippen LogP contribution in [0.2, 0.25) is 0 Å². The van der Waals surface area contributed by atoms with Gasteiger partial charge < -0.3 is 21.1 Å². The van der Waals surface area contributed by atoms with Crippen LogP contribution in [0.1, 0.15) is 65.2 Å². The number of hydrogen-bond donors (Lipinski definition) is 3. The average Bonchev–Trinajstić information content (AvgIpc) is 3.20. The highest BCUT2D eigenvalue weighted by molar-refractivity contribution is 5.91. The summed E-state index contributed by atoms with van der Waals surface area (Å²) >= 11 is 0. The molecule has 6 fully saturated rings. The standard InChI is InChI=1S/C21H33N3O3/c1-11(2)23-18(25)16-5-14-4-15(14)24(16)19(26)17(22)20-6-12-3-13(7-20)9-21(27,8-12)10-20/h11-17,27H,3-10,22H2,1-2H3,(H,23,25)/t12-,13+,14-,15-,16-,17+,20?,21?/m0/s1. The van der Waals surface area contributed by atoms with E-state index in [9.17, 15) is 14.7 Å². The zero-order chi connectivity index (χ0) is 19.1. The molecule has 6 heteroatoms. The Morgan fingerprint density at radius 1 is 1.11 bits per heavy atom. The molecule has 0 spiro atoms. The van der Waals surface area contributed by atoms with Gasteiger partial charge in [0.1, 0.15) is 6.04 Å². The Morgan fingerprint density at radius 2 is 1.78 bits per heavy atom. The number of nitrogens with one attached hydrogen (secondary N) is 1. The molecule has 8 atom stereocenters. The fraction of sp³-hybridized carbons (Fsp3) is 0.905. The third-order valence-electron chi connectivity index (χ3n) is 8.09. The highest BCUT2D eigenvalue weighted by atomic mass is 16.3. The van der Waals surface area contributed by atoms with Gasteiger partial charge in [0.25, 0.3) is 0 Å². The van der Waals surface area contributed by atoms with Gasteiger partial charge in [0.2, 0.25) is 11.8 Å². The minimum Gasteiger partial charge on any atom is -0.390 e. The van der Waals surface area contributed by atoms with Crippen molar-refractivity contribution in [3.8, 4) is 0 Å². The van der Waals surface area contributed by atoms with E-state index in [2.05, 4.69) is 5.32 Å². The zero-order valence-corrected chi connectivity index (χ0v) is 16.5. The van der Waals surface area contributed by atoms with E-state index in [1.807, 2.05) is 18.7 Å². The van der Waals surface area contributed by atoms with Crippen molar-refractivity contribution in [2.45, 2.75) is 95.0 Å². The molecule has 1 heterocycles. The van der Waals surface area contributed by atoms with Crippen molar-refractivity contribution in [3.63, 3.8) is 0 Å². The number of piperidine rings is 1. The molecule has 0 radical (unpaired) electrons. The molecule has 5 saturated carbocycles. The van der Waals surface area contributed by atoms with E-state index < -0.39 is 11.6 Å². The van der Waals surface area contributed by atoms with Crippen LogP contribution in [0.25, 0.3) is 0 Å². The summed E-state index contributed by atoms with van der Waals surface area (Å²) in [5.74, 6) is 1.38. The second kappa shape index (κ2) is 5.69. The first-order valence-electron chi connectivity index (χ1n) is 10.8. The highest BCUT2D eigenvalue weighted by Crippen LogP contribution is 2.63. The normalized spacial score (nSPS) is 47.9. The van der Waals surface area contributed by atoms with Crippen LogP contribution < -0.4 is 11.1 Å². The number of fused-ring (bicyclic) bond motifs is 1. The van der Waals surface area contributed by atoms with Gasteiger partial charge in [-0.2, -0.15) is 0 Å². The quantitative estimate of drug-likeness (QED) is 0.687. The summed E-state index contributed by atoms with van der Waals surface area (Å²) in [7, 11) is 0. The molecule has 2 amide bonds. The molecule has 6 aliphatic rings. The summed E-state index contributed by atoms with van der Waals surface area (Å²) < 4.78 is 0. The number of hydrogen-bond acceptors (Lipinski definition) is 4. The maximum Gasteiger partial charge on any atom is 0.243 e. The topological polar surface area (TPSA) is 95.7 Å². The Bertz CT molecular complexity index is 664. The number of nitrogens with zero attached hydrogens (tertiary/aromatic N) is 1. The van der Waals surface area contributed by atoms with Crippen LogP contribution in [-0.4, -0.2) is 51.6 Å². The molecule has 150 valence electrons. The van der Waals surface area contributed by atoms with E-state index in [1.54, 1.807) is 0 Å². The molecule has 4 bridgehead atoms. The monoisotopic (exact) mass is 375 g/mol. The van der Waals surface area contributed by atoms with Crippen LogP contribution >= 0.6 is 0 Å². The minimum absolute atomic E-state index is 0.0399. The van der Waals surface area contributed by atoms with Crippen molar-refractivity contribution < 1.29 is 14.7 Å². The number of amides is 2. The molecule has 0 aromatic rings. The number of aliphatic hydroxyl groups is 1. The molecule has 27 heavy (non-hydrogen) atoms. The predicted molar refractivity (Wildman–Crippen MR) is 100 cm³/mol. The summed E-state index contributed by atoms with van der Waals surface area (Å²) in [6.07, 6.45) is 7.28. The fourth-order valence-electron chi connectivity index (χ4n) is 7.46. The number of carbonyl (C=O) groups is 2. The first-order valence-corrected chi connectivity index (χ1v) is 10.8. The highest BCUT2D eigenvalue weighted by Gasteiger charge is 2.63. The van der Waals surface area contributed by atoms with Crippen LogP contribution in [0.5, 0.6) is 0 Å². The number of carbonyl (C=O) groups excluding carboxylic acids is 2. The molecule has 5 aliphatic carbocycles. The first kappa shape index (κ1) is 17.9. The lowest BCUT2D eigenvalue weighted by Gasteiger charge is -2.61. The van der Waals surface area contributed by atoms with Crippen LogP contribution in [-0.2, 0) is 9.59 Å². The van der Waals surface area contributed by atoms with Crippen LogP contribution in [0.4, 0.5) is 0 Å². The number of rotatable bonds is 4. The molecular formula is C21H33N3O3. The largest absolute Gasteiger partial charge is 0.390 e. The summed E-state index contributed by atoms with van der Waals surface area (Å²) in [6.45, 7) is 3.89. The van der Waals surface area contributed by atoms with E-state index in [0.717, 1.165) is 38.5 Å². The molecular weight excluding hydrogens is 342 g/mol. The van der Waals surface area contributed by atoms with Gasteiger partial charge in [0.15, 0.2) is 0 Å². The lowest BCUT2D eigenvalue weighted by atomic mass is 9.46. The third-order valence-corrected chi connectivity index (χ3v) is 8.09. The first-order chi connectivity index (χ1) is 12.7. The van der Waals surface area contributed by atoms with Gasteiger partial charge in [0, 0.05) is 12.1 Å². The fourth-order valence-corrected chi connectivity index (χ4v) is 7.46. The van der Waals surface area contributed by atoms with Gasteiger partial charge >= 0.3 is 0 Å².